The molecule has 2 aromatic rings. The molecule has 0 aliphatic carbocycles. The molecule has 5 rings (SSSR count). The van der Waals surface area contributed by atoms with Crippen molar-refractivity contribution in [2.24, 2.45) is 7.05 Å². The molecule has 2 atom stereocenters. The van der Waals surface area contributed by atoms with Gasteiger partial charge in [-0.25, -0.2) is 4.68 Å². The van der Waals surface area contributed by atoms with E-state index in [-0.39, 0.29) is 28.6 Å². The Morgan fingerprint density at radius 1 is 1.20 bits per heavy atom. The van der Waals surface area contributed by atoms with Crippen LogP contribution in [0.25, 0.3) is 0 Å². The van der Waals surface area contributed by atoms with Crippen molar-refractivity contribution in [1.29, 1.82) is 0 Å². The Balaban J connectivity index is 1.39. The van der Waals surface area contributed by atoms with Crippen LogP contribution in [-0.2, 0) is 11.8 Å². The first-order valence-corrected chi connectivity index (χ1v) is 10.0. The van der Waals surface area contributed by atoms with Crippen LogP contribution >= 0.6 is 11.6 Å². The third kappa shape index (κ3) is 3.82. The number of anilines is 2. The summed E-state index contributed by atoms with van der Waals surface area (Å²) in [6.07, 6.45) is 2.65. The maximum absolute atomic E-state index is 12.6. The number of fused-ring (bicyclic) bond motifs is 2. The fraction of sp³-hybridized carbons (Fsp3) is 0.450. The van der Waals surface area contributed by atoms with E-state index in [9.17, 15) is 9.59 Å². The van der Waals surface area contributed by atoms with Gasteiger partial charge in [-0.2, -0.15) is 5.10 Å². The van der Waals surface area contributed by atoms with Crippen LogP contribution in [0.3, 0.4) is 0 Å². The number of carbonyl (C=O) groups excluding carboxylic acids is 1. The van der Waals surface area contributed by atoms with E-state index in [0.29, 0.717) is 42.5 Å². The van der Waals surface area contributed by atoms with Crippen molar-refractivity contribution in [3.8, 4) is 11.5 Å². The predicted molar refractivity (Wildman–Crippen MR) is 114 cm³/mol. The Hall–Kier alpha value is -2.78. The summed E-state index contributed by atoms with van der Waals surface area (Å²) in [7, 11) is 4.71. The van der Waals surface area contributed by atoms with Crippen molar-refractivity contribution in [2.45, 2.75) is 18.5 Å². The Morgan fingerprint density at radius 2 is 1.83 bits per heavy atom. The molecule has 9 nitrogen and oxygen atoms in total. The van der Waals surface area contributed by atoms with Crippen LogP contribution in [0.15, 0.2) is 29.2 Å². The molecule has 3 aliphatic heterocycles. The predicted octanol–water partition coefficient (Wildman–Crippen LogP) is 1.35. The second-order valence-corrected chi connectivity index (χ2v) is 7.92. The van der Waals surface area contributed by atoms with Crippen molar-refractivity contribution in [3.63, 3.8) is 0 Å². The van der Waals surface area contributed by atoms with E-state index < -0.39 is 0 Å². The van der Waals surface area contributed by atoms with Gasteiger partial charge in [0.25, 0.3) is 5.56 Å². The number of piperazine rings is 1. The molecule has 10 heteroatoms. The van der Waals surface area contributed by atoms with E-state index in [1.54, 1.807) is 45.7 Å². The van der Waals surface area contributed by atoms with E-state index in [2.05, 4.69) is 20.2 Å². The quantitative estimate of drug-likeness (QED) is 0.735. The fourth-order valence-electron chi connectivity index (χ4n) is 4.11. The average molecular weight is 434 g/mol. The Labute approximate surface area is 179 Å². The van der Waals surface area contributed by atoms with Crippen molar-refractivity contribution in [2.75, 3.05) is 44.1 Å². The van der Waals surface area contributed by atoms with Gasteiger partial charge in [-0.1, -0.05) is 11.6 Å². The van der Waals surface area contributed by atoms with Crippen LogP contribution in [0, 0.1) is 0 Å². The Bertz CT molecular complexity index is 992. The molecule has 2 bridgehead atoms. The Morgan fingerprint density at radius 3 is 2.43 bits per heavy atom. The summed E-state index contributed by atoms with van der Waals surface area (Å²) in [5.41, 5.74) is 0.974. The molecule has 1 N–H and O–H groups in total. The number of hydrogen-bond donors (Lipinski definition) is 1. The van der Waals surface area contributed by atoms with E-state index in [1.165, 1.54) is 4.68 Å². The standard InChI is InChI=1S/C20H24ClN5O4/c1-24-20(28)19(21)17(8-22-24)25-9-13-6-14(10-25)26(13)11-18(27)23-12-4-15(29-2)7-16(5-12)30-3/h4-5,7-8,13-14H,6,9-11H2,1-3H3,(H,23,27). The third-order valence-corrected chi connectivity index (χ3v) is 6.06. The largest absolute Gasteiger partial charge is 0.497 e. The number of methoxy groups -OCH3 is 2. The smallest absolute Gasteiger partial charge is 0.287 e. The molecular weight excluding hydrogens is 410 g/mol. The van der Waals surface area contributed by atoms with Gasteiger partial charge in [-0.05, 0) is 6.42 Å². The minimum Gasteiger partial charge on any atom is -0.497 e. The molecule has 3 saturated heterocycles. The summed E-state index contributed by atoms with van der Waals surface area (Å²) in [6.45, 7) is 1.70. The molecule has 0 spiro atoms. The Kier molecular flexibility index (Phi) is 5.57. The second kappa shape index (κ2) is 8.16. The third-order valence-electron chi connectivity index (χ3n) is 5.71. The number of aromatic nitrogens is 2. The van der Waals surface area contributed by atoms with Crippen molar-refractivity contribution in [1.82, 2.24) is 14.7 Å². The van der Waals surface area contributed by atoms with Gasteiger partial charge in [0.15, 0.2) is 0 Å². The zero-order chi connectivity index (χ0) is 21.4. The van der Waals surface area contributed by atoms with E-state index >= 15 is 0 Å². The zero-order valence-electron chi connectivity index (χ0n) is 17.1. The zero-order valence-corrected chi connectivity index (χ0v) is 17.8. The molecule has 1 aromatic carbocycles. The molecule has 30 heavy (non-hydrogen) atoms. The monoisotopic (exact) mass is 433 g/mol. The topological polar surface area (TPSA) is 88.9 Å². The summed E-state index contributed by atoms with van der Waals surface area (Å²) in [5.74, 6) is 1.13. The molecule has 160 valence electrons. The van der Waals surface area contributed by atoms with Gasteiger partial charge in [-0.3, -0.25) is 14.5 Å². The number of ether oxygens (including phenoxy) is 2. The van der Waals surface area contributed by atoms with Crippen molar-refractivity contribution in [3.05, 3.63) is 39.8 Å². The summed E-state index contributed by atoms with van der Waals surface area (Å²) in [4.78, 5) is 28.9. The van der Waals surface area contributed by atoms with Gasteiger partial charge in [0.05, 0.1) is 32.6 Å². The lowest BCUT2D eigenvalue weighted by Crippen LogP contribution is -2.69. The highest BCUT2D eigenvalue weighted by Gasteiger charge is 2.45. The average Bonchev–Trinajstić information content (AvgIpc) is 2.75. The lowest BCUT2D eigenvalue weighted by molar-refractivity contribution is -0.121. The minimum atomic E-state index is -0.307. The molecule has 1 amide bonds. The maximum Gasteiger partial charge on any atom is 0.287 e. The number of halogens is 1. The van der Waals surface area contributed by atoms with Gasteiger partial charge in [0.2, 0.25) is 5.91 Å². The van der Waals surface area contributed by atoms with Crippen LogP contribution in [0.5, 0.6) is 11.5 Å². The highest BCUT2D eigenvalue weighted by molar-refractivity contribution is 6.33. The molecule has 1 aromatic heterocycles. The minimum absolute atomic E-state index is 0.0956. The molecule has 3 aliphatic rings. The summed E-state index contributed by atoms with van der Waals surface area (Å²) in [6, 6.07) is 5.72. The highest BCUT2D eigenvalue weighted by Crippen LogP contribution is 2.35. The van der Waals surface area contributed by atoms with Crippen LogP contribution in [-0.4, -0.2) is 66.5 Å². The van der Waals surface area contributed by atoms with Gasteiger partial charge in [0.1, 0.15) is 16.5 Å². The fourth-order valence-corrected chi connectivity index (χ4v) is 4.40. The van der Waals surface area contributed by atoms with Gasteiger partial charge < -0.3 is 19.7 Å². The molecule has 2 unspecified atom stereocenters. The van der Waals surface area contributed by atoms with E-state index in [4.69, 9.17) is 21.1 Å². The lowest BCUT2D eigenvalue weighted by Gasteiger charge is -2.56. The number of nitrogens with zero attached hydrogens (tertiary/aromatic N) is 4. The van der Waals surface area contributed by atoms with Crippen LogP contribution in [0.2, 0.25) is 5.02 Å². The van der Waals surface area contributed by atoms with E-state index in [0.717, 1.165) is 6.42 Å². The lowest BCUT2D eigenvalue weighted by atomic mass is 9.87. The number of amides is 1. The SMILES string of the molecule is COc1cc(NC(=O)CN2C3CC2CN(c2cnn(C)c(=O)c2Cl)C3)cc(OC)c1. The highest BCUT2D eigenvalue weighted by atomic mass is 35.5. The number of carbonyl (C=O) groups is 1. The van der Waals surface area contributed by atoms with Gasteiger partial charge in [-0.15, -0.1) is 0 Å². The number of nitrogens with one attached hydrogen (secondary N) is 1. The van der Waals surface area contributed by atoms with Crippen molar-refractivity contribution < 1.29 is 14.3 Å². The first-order chi connectivity index (χ1) is 14.4. The number of hydrogen-bond acceptors (Lipinski definition) is 7. The first-order valence-electron chi connectivity index (χ1n) is 9.65. The summed E-state index contributed by atoms with van der Waals surface area (Å²) in [5, 5.41) is 7.18. The first kappa shape index (κ1) is 20.5. The molecular formula is C20H24ClN5O4. The molecule has 4 heterocycles. The normalized spacial score (nSPS) is 20.5. The van der Waals surface area contributed by atoms with Crippen LogP contribution in [0.4, 0.5) is 11.4 Å². The molecule has 3 fully saturated rings. The number of aryl methyl sites for hydroxylation is 1. The van der Waals surface area contributed by atoms with Gasteiger partial charge >= 0.3 is 0 Å². The summed E-state index contributed by atoms with van der Waals surface area (Å²) < 4.78 is 11.7. The van der Waals surface area contributed by atoms with Crippen LogP contribution < -0.4 is 25.2 Å². The number of rotatable bonds is 6. The molecule has 0 saturated carbocycles. The van der Waals surface area contributed by atoms with Crippen LogP contribution in [0.1, 0.15) is 6.42 Å². The van der Waals surface area contributed by atoms with Crippen molar-refractivity contribution >= 4 is 28.9 Å². The maximum atomic E-state index is 12.6. The van der Waals surface area contributed by atoms with E-state index in [1.807, 2.05) is 0 Å². The molecule has 0 radical (unpaired) electrons. The second-order valence-electron chi connectivity index (χ2n) is 7.54. The number of benzene rings is 1. The van der Waals surface area contributed by atoms with Gasteiger partial charge in [0, 0.05) is 56.1 Å². The number of piperidine rings is 1. The summed E-state index contributed by atoms with van der Waals surface area (Å²) >= 11 is 6.24.